The number of sulfone groups is 1. The van der Waals surface area contributed by atoms with Gasteiger partial charge in [0.25, 0.3) is 0 Å². The van der Waals surface area contributed by atoms with Gasteiger partial charge in [-0.2, -0.15) is 0 Å². The Morgan fingerprint density at radius 1 is 1.31 bits per heavy atom. The molecule has 16 heavy (non-hydrogen) atoms. The van der Waals surface area contributed by atoms with Crippen molar-refractivity contribution in [3.63, 3.8) is 0 Å². The fraction of sp³-hybridized carbons (Fsp3) is 0.455. The molecule has 0 amide bonds. The largest absolute Gasteiger partial charge is 0.386 e. The van der Waals surface area contributed by atoms with Gasteiger partial charge in [-0.05, 0) is 12.5 Å². The summed E-state index contributed by atoms with van der Waals surface area (Å²) in [5.41, 5.74) is 1.72. The summed E-state index contributed by atoms with van der Waals surface area (Å²) in [6, 6.07) is 7.24. The Kier molecular flexibility index (Phi) is 4.75. The highest BCUT2D eigenvalue weighted by Gasteiger charge is 2.29. The van der Waals surface area contributed by atoms with Crippen molar-refractivity contribution in [3.8, 4) is 0 Å². The Morgan fingerprint density at radius 3 is 2.25 bits per heavy atom. The van der Waals surface area contributed by atoms with Gasteiger partial charge in [0, 0.05) is 5.75 Å². The third-order valence-electron chi connectivity index (χ3n) is 2.41. The molecule has 0 saturated carbocycles. The second-order valence-electron chi connectivity index (χ2n) is 3.66. The number of hydrogen-bond donors (Lipinski definition) is 1. The van der Waals surface area contributed by atoms with Gasteiger partial charge in [-0.25, -0.2) is 8.42 Å². The van der Waals surface area contributed by atoms with E-state index in [0.717, 1.165) is 5.56 Å². The average molecular weight is 354 g/mol. The predicted octanol–water partition coefficient (Wildman–Crippen LogP) is 2.22. The van der Waals surface area contributed by atoms with Gasteiger partial charge in [0.2, 0.25) is 0 Å². The fourth-order valence-corrected chi connectivity index (χ4v) is 3.63. The van der Waals surface area contributed by atoms with E-state index in [1.165, 1.54) is 0 Å². The minimum absolute atomic E-state index is 0.0452. The van der Waals surface area contributed by atoms with E-state index in [1.807, 2.05) is 19.1 Å². The Bertz CT molecular complexity index is 439. The van der Waals surface area contributed by atoms with E-state index in [9.17, 15) is 13.5 Å². The lowest BCUT2D eigenvalue weighted by molar-refractivity contribution is 0.197. The van der Waals surface area contributed by atoms with Gasteiger partial charge in [0.05, 0.1) is 0 Å². The predicted molar refractivity (Wildman–Crippen MR) is 73.4 cm³/mol. The molecule has 0 aromatic heterocycles. The SMILES string of the molecule is CCS(=O)(=O)[C@@H](I)[C@@H](O)c1ccc(C)cc1. The average Bonchev–Trinajstić information content (AvgIpc) is 2.28. The molecule has 0 bridgehead atoms. The van der Waals surface area contributed by atoms with Crippen LogP contribution in [0.4, 0.5) is 0 Å². The van der Waals surface area contributed by atoms with E-state index in [2.05, 4.69) is 0 Å². The summed E-state index contributed by atoms with van der Waals surface area (Å²) in [4.78, 5) is 0. The van der Waals surface area contributed by atoms with E-state index in [1.54, 1.807) is 41.6 Å². The highest BCUT2D eigenvalue weighted by atomic mass is 127. The first-order chi connectivity index (χ1) is 7.38. The Hall–Kier alpha value is -0.140. The number of aryl methyl sites for hydroxylation is 1. The molecule has 90 valence electrons. The smallest absolute Gasteiger partial charge is 0.164 e. The molecule has 0 fully saturated rings. The molecule has 1 aromatic rings. The summed E-state index contributed by atoms with van der Waals surface area (Å²) < 4.78 is 22.4. The molecule has 2 atom stereocenters. The van der Waals surface area contributed by atoms with E-state index in [4.69, 9.17) is 0 Å². The minimum Gasteiger partial charge on any atom is -0.386 e. The number of benzene rings is 1. The minimum atomic E-state index is -3.22. The lowest BCUT2D eigenvalue weighted by Crippen LogP contribution is -2.24. The molecular formula is C11H15IO3S. The molecule has 1 rings (SSSR count). The van der Waals surface area contributed by atoms with Gasteiger partial charge in [-0.3, -0.25) is 0 Å². The molecule has 5 heteroatoms. The zero-order chi connectivity index (χ0) is 12.3. The van der Waals surface area contributed by atoms with Crippen molar-refractivity contribution in [3.05, 3.63) is 35.4 Å². The van der Waals surface area contributed by atoms with Crippen molar-refractivity contribution in [1.82, 2.24) is 0 Å². The first kappa shape index (κ1) is 13.9. The van der Waals surface area contributed by atoms with Crippen LogP contribution in [0.15, 0.2) is 24.3 Å². The van der Waals surface area contributed by atoms with Crippen molar-refractivity contribution in [2.24, 2.45) is 0 Å². The summed E-state index contributed by atoms with van der Waals surface area (Å²) in [5.74, 6) is 0.0452. The van der Waals surface area contributed by atoms with Crippen LogP contribution in [0.2, 0.25) is 0 Å². The maximum absolute atomic E-state index is 11.6. The molecule has 0 saturated heterocycles. The van der Waals surface area contributed by atoms with E-state index in [-0.39, 0.29) is 5.75 Å². The highest BCUT2D eigenvalue weighted by molar-refractivity contribution is 14.1. The summed E-state index contributed by atoms with van der Waals surface area (Å²) >= 11 is 1.78. The Labute approximate surface area is 110 Å². The van der Waals surface area contributed by atoms with Crippen LogP contribution in [0.3, 0.4) is 0 Å². The lowest BCUT2D eigenvalue weighted by atomic mass is 10.1. The molecule has 0 aliphatic carbocycles. The summed E-state index contributed by atoms with van der Waals surface area (Å²) in [7, 11) is -3.22. The van der Waals surface area contributed by atoms with Crippen LogP contribution in [-0.4, -0.2) is 22.5 Å². The Morgan fingerprint density at radius 2 is 1.81 bits per heavy atom. The van der Waals surface area contributed by atoms with Crippen LogP contribution < -0.4 is 0 Å². The molecule has 0 radical (unpaired) electrons. The van der Waals surface area contributed by atoms with Crippen LogP contribution in [0.1, 0.15) is 24.2 Å². The molecule has 1 N–H and O–H groups in total. The first-order valence-corrected chi connectivity index (χ1v) is 7.95. The number of rotatable bonds is 4. The van der Waals surface area contributed by atoms with Gasteiger partial charge in [-0.1, -0.05) is 59.3 Å². The topological polar surface area (TPSA) is 54.4 Å². The summed E-state index contributed by atoms with van der Waals surface area (Å²) in [6.07, 6.45) is -0.967. The molecule has 0 aliphatic rings. The maximum atomic E-state index is 11.6. The molecular weight excluding hydrogens is 339 g/mol. The van der Waals surface area contributed by atoms with E-state index >= 15 is 0 Å². The van der Waals surface area contributed by atoms with E-state index in [0.29, 0.717) is 5.56 Å². The number of aliphatic hydroxyl groups excluding tert-OH is 1. The molecule has 1 aromatic carbocycles. The zero-order valence-corrected chi connectivity index (χ0v) is 12.2. The molecule has 0 unspecified atom stereocenters. The van der Waals surface area contributed by atoms with Crippen LogP contribution in [0, 0.1) is 6.92 Å². The van der Waals surface area contributed by atoms with Crippen LogP contribution in [-0.2, 0) is 9.84 Å². The molecule has 3 nitrogen and oxygen atoms in total. The monoisotopic (exact) mass is 354 g/mol. The molecule has 0 spiro atoms. The third-order valence-corrected chi connectivity index (χ3v) is 7.17. The normalized spacial score (nSPS) is 15.8. The zero-order valence-electron chi connectivity index (χ0n) is 9.22. The van der Waals surface area contributed by atoms with Gasteiger partial charge in [-0.15, -0.1) is 0 Å². The van der Waals surface area contributed by atoms with Crippen LogP contribution >= 0.6 is 22.6 Å². The van der Waals surface area contributed by atoms with Crippen molar-refractivity contribution < 1.29 is 13.5 Å². The van der Waals surface area contributed by atoms with Gasteiger partial charge < -0.3 is 5.11 Å². The number of alkyl halides is 1. The van der Waals surface area contributed by atoms with Gasteiger partial charge in [0.1, 0.15) is 9.36 Å². The summed E-state index contributed by atoms with van der Waals surface area (Å²) in [6.45, 7) is 3.53. The lowest BCUT2D eigenvalue weighted by Gasteiger charge is -2.17. The quantitative estimate of drug-likeness (QED) is 0.667. The highest BCUT2D eigenvalue weighted by Crippen LogP contribution is 2.27. The van der Waals surface area contributed by atoms with Crippen molar-refractivity contribution in [2.45, 2.75) is 23.2 Å². The van der Waals surface area contributed by atoms with Crippen molar-refractivity contribution in [2.75, 3.05) is 5.75 Å². The number of aliphatic hydroxyl groups is 1. The fourth-order valence-electron chi connectivity index (χ4n) is 1.27. The number of hydrogen-bond acceptors (Lipinski definition) is 3. The van der Waals surface area contributed by atoms with Crippen LogP contribution in [0.5, 0.6) is 0 Å². The van der Waals surface area contributed by atoms with E-state index < -0.39 is 19.2 Å². The third kappa shape index (κ3) is 3.18. The standard InChI is InChI=1S/C11H15IO3S/c1-3-16(14,15)11(12)10(13)9-6-4-8(2)5-7-9/h4-7,10-11,13H,3H2,1-2H3/t10-,11+/m0/s1. The van der Waals surface area contributed by atoms with Crippen LogP contribution in [0.25, 0.3) is 0 Å². The molecule has 0 aliphatic heterocycles. The molecule has 0 heterocycles. The second-order valence-corrected chi connectivity index (χ2v) is 8.26. The Balaban J connectivity index is 2.94. The second kappa shape index (κ2) is 5.46. The number of halogens is 1. The van der Waals surface area contributed by atoms with Crippen molar-refractivity contribution in [1.29, 1.82) is 0 Å². The van der Waals surface area contributed by atoms with Crippen molar-refractivity contribution >= 4 is 32.4 Å². The summed E-state index contributed by atoms with van der Waals surface area (Å²) in [5, 5.41) is 9.96. The van der Waals surface area contributed by atoms with Gasteiger partial charge in [0.15, 0.2) is 9.84 Å². The maximum Gasteiger partial charge on any atom is 0.164 e. The first-order valence-electron chi connectivity index (χ1n) is 4.98. The van der Waals surface area contributed by atoms with Gasteiger partial charge >= 0.3 is 0 Å².